The van der Waals surface area contributed by atoms with E-state index in [0.29, 0.717) is 0 Å². The van der Waals surface area contributed by atoms with E-state index in [0.717, 1.165) is 24.9 Å². The molecule has 1 heterocycles. The highest BCUT2D eigenvalue weighted by atomic mass is 16.1. The molecule has 0 radical (unpaired) electrons. The summed E-state index contributed by atoms with van der Waals surface area (Å²) >= 11 is 0. The van der Waals surface area contributed by atoms with Crippen molar-refractivity contribution in [3.63, 3.8) is 0 Å². The molecule has 76 valence electrons. The first-order valence-corrected chi connectivity index (χ1v) is 4.92. The van der Waals surface area contributed by atoms with Gasteiger partial charge in [0.2, 0.25) is 0 Å². The second kappa shape index (κ2) is 3.04. The van der Waals surface area contributed by atoms with E-state index in [4.69, 9.17) is 5.73 Å². The quantitative estimate of drug-likeness (QED) is 0.677. The van der Waals surface area contributed by atoms with E-state index in [1.807, 2.05) is 6.07 Å². The van der Waals surface area contributed by atoms with Crippen molar-refractivity contribution >= 4 is 11.4 Å². The van der Waals surface area contributed by atoms with E-state index in [-0.39, 0.29) is 16.8 Å². The third-order valence-corrected chi connectivity index (χ3v) is 2.93. The Balaban J connectivity index is 2.25. The monoisotopic (exact) mass is 193 g/mol. The summed E-state index contributed by atoms with van der Waals surface area (Å²) in [6.07, 6.45) is 5.01. The van der Waals surface area contributed by atoms with Gasteiger partial charge in [0.25, 0.3) is 5.56 Å². The number of pyridine rings is 1. The van der Waals surface area contributed by atoms with E-state index in [1.54, 1.807) is 6.20 Å². The fourth-order valence-electron chi connectivity index (χ4n) is 1.60. The largest absolute Gasteiger partial charge is 0.393 e. The molecule has 0 unspecified atom stereocenters. The molecule has 0 aromatic carbocycles. The van der Waals surface area contributed by atoms with Crippen LogP contribution < -0.4 is 16.6 Å². The number of rotatable bonds is 3. The van der Waals surface area contributed by atoms with Crippen molar-refractivity contribution in [1.82, 2.24) is 4.98 Å². The lowest BCUT2D eigenvalue weighted by Crippen LogP contribution is -2.23. The predicted molar refractivity (Wildman–Crippen MR) is 57.4 cm³/mol. The molecule has 1 saturated carbocycles. The maximum Gasteiger partial charge on any atom is 0.273 e. The molecule has 2 rings (SSSR count). The molecule has 4 N–H and O–H groups in total. The van der Waals surface area contributed by atoms with E-state index < -0.39 is 0 Å². The number of hydrogen-bond acceptors (Lipinski definition) is 3. The molecule has 0 spiro atoms. The van der Waals surface area contributed by atoms with Crippen LogP contribution in [0.3, 0.4) is 0 Å². The Morgan fingerprint density at radius 2 is 2.36 bits per heavy atom. The van der Waals surface area contributed by atoms with Gasteiger partial charge in [-0.1, -0.05) is 6.92 Å². The van der Waals surface area contributed by atoms with Crippen molar-refractivity contribution in [2.75, 3.05) is 11.1 Å². The Bertz CT molecular complexity index is 393. The van der Waals surface area contributed by atoms with Crippen LogP contribution in [0.15, 0.2) is 17.1 Å². The highest BCUT2D eigenvalue weighted by molar-refractivity contribution is 5.65. The van der Waals surface area contributed by atoms with Crippen molar-refractivity contribution in [1.29, 1.82) is 0 Å². The van der Waals surface area contributed by atoms with Crippen LogP contribution in [-0.2, 0) is 0 Å². The topological polar surface area (TPSA) is 70.9 Å². The van der Waals surface area contributed by atoms with Crippen LogP contribution in [0.1, 0.15) is 26.2 Å². The van der Waals surface area contributed by atoms with Crippen LogP contribution in [0.2, 0.25) is 0 Å². The second-order valence-corrected chi connectivity index (χ2v) is 3.89. The minimum absolute atomic E-state index is 0.196. The summed E-state index contributed by atoms with van der Waals surface area (Å²) in [4.78, 5) is 13.8. The summed E-state index contributed by atoms with van der Waals surface area (Å²) in [6, 6.07) is 1.81. The van der Waals surface area contributed by atoms with Crippen LogP contribution in [0.4, 0.5) is 11.4 Å². The molecule has 0 aliphatic heterocycles. The molecular weight excluding hydrogens is 178 g/mol. The third-order valence-electron chi connectivity index (χ3n) is 2.93. The molecule has 1 aromatic heterocycles. The van der Waals surface area contributed by atoms with Gasteiger partial charge in [0.15, 0.2) is 0 Å². The number of nitrogen functional groups attached to an aromatic ring is 1. The summed E-state index contributed by atoms with van der Waals surface area (Å²) in [6.45, 7) is 2.14. The highest BCUT2D eigenvalue weighted by Crippen LogP contribution is 2.42. The number of anilines is 2. The highest BCUT2D eigenvalue weighted by Gasteiger charge is 2.40. The lowest BCUT2D eigenvalue weighted by molar-refractivity contribution is 0.702. The van der Waals surface area contributed by atoms with Crippen molar-refractivity contribution in [2.45, 2.75) is 31.7 Å². The van der Waals surface area contributed by atoms with Crippen molar-refractivity contribution in [3.05, 3.63) is 22.6 Å². The molecule has 0 atom stereocenters. The van der Waals surface area contributed by atoms with E-state index >= 15 is 0 Å². The van der Waals surface area contributed by atoms with Crippen LogP contribution in [0.25, 0.3) is 0 Å². The molecule has 1 aliphatic rings. The number of aromatic amines is 1. The first kappa shape index (κ1) is 9.12. The van der Waals surface area contributed by atoms with E-state index in [9.17, 15) is 4.79 Å². The summed E-state index contributed by atoms with van der Waals surface area (Å²) in [7, 11) is 0. The van der Waals surface area contributed by atoms with Crippen LogP contribution in [0.5, 0.6) is 0 Å². The lowest BCUT2D eigenvalue weighted by atomic mass is 10.2. The van der Waals surface area contributed by atoms with Gasteiger partial charge in [-0.2, -0.15) is 0 Å². The van der Waals surface area contributed by atoms with Gasteiger partial charge in [0.1, 0.15) is 5.69 Å². The normalized spacial score (nSPS) is 17.8. The van der Waals surface area contributed by atoms with Gasteiger partial charge in [-0.05, 0) is 25.3 Å². The van der Waals surface area contributed by atoms with Crippen LogP contribution in [-0.4, -0.2) is 10.5 Å². The number of hydrogen-bond donors (Lipinski definition) is 3. The lowest BCUT2D eigenvalue weighted by Gasteiger charge is -2.17. The van der Waals surface area contributed by atoms with Gasteiger partial charge in [0.05, 0.1) is 5.69 Å². The summed E-state index contributed by atoms with van der Waals surface area (Å²) < 4.78 is 0. The smallest absolute Gasteiger partial charge is 0.273 e. The maximum atomic E-state index is 11.2. The Kier molecular flexibility index (Phi) is 1.98. The standard InChI is InChI=1S/C10H15N3O/c1-2-10(4-5-10)13-7-3-6-12-9(14)8(7)11/h3,6H,2,4-5,11H2,1H3,(H2,12,13,14). The zero-order valence-electron chi connectivity index (χ0n) is 8.26. The molecule has 0 bridgehead atoms. The molecular formula is C10H15N3O. The van der Waals surface area contributed by atoms with E-state index in [2.05, 4.69) is 17.2 Å². The fourth-order valence-corrected chi connectivity index (χ4v) is 1.60. The average molecular weight is 193 g/mol. The van der Waals surface area contributed by atoms with Gasteiger partial charge in [0, 0.05) is 11.7 Å². The first-order valence-electron chi connectivity index (χ1n) is 4.92. The number of nitrogens with two attached hydrogens (primary N) is 1. The molecule has 1 aromatic rings. The predicted octanol–water partition coefficient (Wildman–Crippen LogP) is 1.31. The number of H-pyrrole nitrogens is 1. The zero-order valence-corrected chi connectivity index (χ0v) is 8.26. The molecule has 1 aliphatic carbocycles. The molecule has 1 fully saturated rings. The molecule has 14 heavy (non-hydrogen) atoms. The minimum Gasteiger partial charge on any atom is -0.393 e. The molecule has 0 amide bonds. The Labute approximate surface area is 82.5 Å². The van der Waals surface area contributed by atoms with Crippen molar-refractivity contribution in [3.8, 4) is 0 Å². The van der Waals surface area contributed by atoms with Crippen LogP contribution >= 0.6 is 0 Å². The summed E-state index contributed by atoms with van der Waals surface area (Å²) in [5, 5.41) is 3.34. The van der Waals surface area contributed by atoms with Crippen LogP contribution in [0, 0.1) is 0 Å². The maximum absolute atomic E-state index is 11.2. The number of nitrogens with one attached hydrogen (secondary N) is 2. The molecule has 0 saturated heterocycles. The third kappa shape index (κ3) is 1.47. The Hall–Kier alpha value is -1.45. The zero-order chi connectivity index (χ0) is 10.2. The van der Waals surface area contributed by atoms with Gasteiger partial charge in [-0.25, -0.2) is 0 Å². The van der Waals surface area contributed by atoms with Gasteiger partial charge < -0.3 is 16.0 Å². The fraction of sp³-hybridized carbons (Fsp3) is 0.500. The minimum atomic E-state index is -0.220. The first-order chi connectivity index (χ1) is 6.67. The van der Waals surface area contributed by atoms with Crippen molar-refractivity contribution < 1.29 is 0 Å². The summed E-state index contributed by atoms with van der Waals surface area (Å²) in [5.74, 6) is 0. The van der Waals surface area contributed by atoms with Gasteiger partial charge >= 0.3 is 0 Å². The van der Waals surface area contributed by atoms with Gasteiger partial charge in [-0.15, -0.1) is 0 Å². The van der Waals surface area contributed by atoms with E-state index in [1.165, 1.54) is 0 Å². The Morgan fingerprint density at radius 1 is 1.64 bits per heavy atom. The summed E-state index contributed by atoms with van der Waals surface area (Å²) in [5.41, 5.74) is 6.68. The molecule has 4 nitrogen and oxygen atoms in total. The molecule has 4 heteroatoms. The van der Waals surface area contributed by atoms with Gasteiger partial charge in [-0.3, -0.25) is 4.79 Å². The second-order valence-electron chi connectivity index (χ2n) is 3.89. The Morgan fingerprint density at radius 3 is 2.93 bits per heavy atom. The number of aromatic nitrogens is 1. The van der Waals surface area contributed by atoms with Crippen molar-refractivity contribution in [2.24, 2.45) is 0 Å². The SMILES string of the molecule is CCC1(Nc2cc[nH]c(=O)c2N)CC1. The average Bonchev–Trinajstić information content (AvgIpc) is 2.94.